The average molecular weight is 311 g/mol. The Kier molecular flexibility index (Phi) is 5.22. The number of aryl methyl sites for hydroxylation is 1. The number of nitrogens with zero attached hydrogens (tertiary/aromatic N) is 1. The Bertz CT molecular complexity index is 520. The molecule has 0 radical (unpaired) electrons. The van der Waals surface area contributed by atoms with E-state index in [1.807, 2.05) is 6.92 Å². The van der Waals surface area contributed by atoms with Crippen molar-refractivity contribution in [1.82, 2.24) is 4.90 Å². The number of hydrogen-bond donors (Lipinski definition) is 1. The first kappa shape index (κ1) is 15.8. The lowest BCUT2D eigenvalue weighted by Gasteiger charge is -2.21. The molecule has 0 aromatic carbocycles. The van der Waals surface area contributed by atoms with E-state index >= 15 is 0 Å². The van der Waals surface area contributed by atoms with Gasteiger partial charge in [0.05, 0.1) is 0 Å². The van der Waals surface area contributed by atoms with Gasteiger partial charge < -0.3 is 14.7 Å². The van der Waals surface area contributed by atoms with E-state index in [9.17, 15) is 14.7 Å². The van der Waals surface area contributed by atoms with E-state index in [1.54, 1.807) is 17.9 Å². The summed E-state index contributed by atoms with van der Waals surface area (Å²) in [6.07, 6.45) is 3.17. The third-order valence-corrected chi connectivity index (χ3v) is 4.67. The number of carbonyl (C=O) groups is 2. The summed E-state index contributed by atoms with van der Waals surface area (Å²) in [5.74, 6) is -0.749. The molecule has 1 aliphatic rings. The van der Waals surface area contributed by atoms with Gasteiger partial charge in [0.15, 0.2) is 11.0 Å². The lowest BCUT2D eigenvalue weighted by Crippen LogP contribution is -2.38. The molecule has 0 saturated carbocycles. The number of amides is 1. The fraction of sp³-hybridized carbons (Fsp3) is 0.600. The molecule has 1 unspecified atom stereocenters. The molecule has 0 spiro atoms. The molecular weight excluding hydrogens is 290 g/mol. The quantitative estimate of drug-likeness (QED) is 0.877. The summed E-state index contributed by atoms with van der Waals surface area (Å²) in [5.41, 5.74) is 0. The predicted molar refractivity (Wildman–Crippen MR) is 81.2 cm³/mol. The molecule has 0 bridgehead atoms. The van der Waals surface area contributed by atoms with E-state index in [1.165, 1.54) is 11.3 Å². The highest BCUT2D eigenvalue weighted by atomic mass is 32.1. The maximum absolute atomic E-state index is 12.2. The molecule has 2 rings (SSSR count). The number of carboxylic acid groups (broad SMARTS) is 1. The molecule has 1 aliphatic heterocycles. The van der Waals surface area contributed by atoms with Gasteiger partial charge in [-0.3, -0.25) is 4.79 Å². The molecule has 5 nitrogen and oxygen atoms in total. The van der Waals surface area contributed by atoms with Crippen LogP contribution in [0, 0.1) is 0 Å². The molecular formula is C15H21NO4S. The minimum Gasteiger partial charge on any atom is -0.479 e. The van der Waals surface area contributed by atoms with E-state index in [-0.39, 0.29) is 10.8 Å². The summed E-state index contributed by atoms with van der Waals surface area (Å²) in [6.45, 7) is 5.26. The van der Waals surface area contributed by atoms with Crippen LogP contribution in [0.1, 0.15) is 47.7 Å². The van der Waals surface area contributed by atoms with Crippen LogP contribution in [0.3, 0.4) is 0 Å². The van der Waals surface area contributed by atoms with E-state index in [0.29, 0.717) is 5.75 Å². The lowest BCUT2D eigenvalue weighted by molar-refractivity contribution is -0.136. The summed E-state index contributed by atoms with van der Waals surface area (Å²) >= 11 is 1.23. The molecule has 1 saturated heterocycles. The maximum Gasteiger partial charge on any atom is 0.349 e. The molecule has 1 aromatic heterocycles. The zero-order valence-electron chi connectivity index (χ0n) is 12.4. The van der Waals surface area contributed by atoms with Crippen LogP contribution >= 0.6 is 11.3 Å². The number of hydrogen-bond acceptors (Lipinski definition) is 4. The van der Waals surface area contributed by atoms with Gasteiger partial charge in [0, 0.05) is 18.0 Å². The van der Waals surface area contributed by atoms with Crippen molar-refractivity contribution in [2.24, 2.45) is 0 Å². The Hall–Kier alpha value is -1.56. The SMILES string of the molecule is CCCc1cc(OC(C)C(=O)N2CCCC2)c(C(=O)O)s1. The van der Waals surface area contributed by atoms with E-state index < -0.39 is 12.1 Å². The van der Waals surface area contributed by atoms with Crippen LogP contribution in [-0.2, 0) is 11.2 Å². The number of aromatic carboxylic acids is 1. The Morgan fingerprint density at radius 1 is 1.43 bits per heavy atom. The zero-order valence-corrected chi connectivity index (χ0v) is 13.2. The van der Waals surface area contributed by atoms with Gasteiger partial charge in [-0.25, -0.2) is 4.79 Å². The van der Waals surface area contributed by atoms with Crippen LogP contribution in [0.25, 0.3) is 0 Å². The number of carbonyl (C=O) groups excluding carboxylic acids is 1. The fourth-order valence-electron chi connectivity index (χ4n) is 2.46. The van der Waals surface area contributed by atoms with Crippen molar-refractivity contribution in [3.05, 3.63) is 15.8 Å². The summed E-state index contributed by atoms with van der Waals surface area (Å²) in [6, 6.07) is 1.76. The Morgan fingerprint density at radius 3 is 2.67 bits per heavy atom. The summed E-state index contributed by atoms with van der Waals surface area (Å²) in [5, 5.41) is 9.25. The fourth-order valence-corrected chi connectivity index (χ4v) is 3.49. The van der Waals surface area contributed by atoms with Crippen molar-refractivity contribution in [3.8, 4) is 5.75 Å². The van der Waals surface area contributed by atoms with Gasteiger partial charge in [-0.15, -0.1) is 11.3 Å². The number of thiophene rings is 1. The first-order chi connectivity index (χ1) is 10.0. The molecule has 1 N–H and O–H groups in total. The maximum atomic E-state index is 12.2. The third kappa shape index (κ3) is 3.75. The van der Waals surface area contributed by atoms with E-state index in [4.69, 9.17) is 4.74 Å². The van der Waals surface area contributed by atoms with E-state index in [2.05, 4.69) is 0 Å². The Labute approximate surface area is 128 Å². The number of carboxylic acids is 1. The summed E-state index contributed by atoms with van der Waals surface area (Å²) < 4.78 is 5.65. The van der Waals surface area contributed by atoms with Crippen LogP contribution < -0.4 is 4.74 Å². The average Bonchev–Trinajstić information content (AvgIpc) is 3.07. The normalized spacial score (nSPS) is 16.0. The van der Waals surface area contributed by atoms with Gasteiger partial charge in [0.25, 0.3) is 5.91 Å². The van der Waals surface area contributed by atoms with Gasteiger partial charge in [-0.1, -0.05) is 13.3 Å². The van der Waals surface area contributed by atoms with Gasteiger partial charge in [0.2, 0.25) is 0 Å². The zero-order chi connectivity index (χ0) is 15.4. The van der Waals surface area contributed by atoms with Crippen molar-refractivity contribution in [2.75, 3.05) is 13.1 Å². The smallest absolute Gasteiger partial charge is 0.349 e. The highest BCUT2D eigenvalue weighted by molar-refractivity contribution is 7.14. The van der Waals surface area contributed by atoms with Crippen molar-refractivity contribution in [2.45, 2.75) is 45.6 Å². The van der Waals surface area contributed by atoms with Crippen LogP contribution in [0.2, 0.25) is 0 Å². The van der Waals surface area contributed by atoms with Crippen LogP contribution in [-0.4, -0.2) is 41.1 Å². The van der Waals surface area contributed by atoms with Crippen LogP contribution in [0.4, 0.5) is 0 Å². The highest BCUT2D eigenvalue weighted by Gasteiger charge is 2.26. The van der Waals surface area contributed by atoms with Crippen molar-refractivity contribution in [1.29, 1.82) is 0 Å². The second-order valence-electron chi connectivity index (χ2n) is 5.25. The molecule has 1 atom stereocenters. The summed E-state index contributed by atoms with van der Waals surface area (Å²) in [4.78, 5) is 26.4. The molecule has 6 heteroatoms. The second kappa shape index (κ2) is 6.93. The van der Waals surface area contributed by atoms with Crippen molar-refractivity contribution < 1.29 is 19.4 Å². The van der Waals surface area contributed by atoms with Gasteiger partial charge in [-0.2, -0.15) is 0 Å². The van der Waals surface area contributed by atoms with Gasteiger partial charge in [-0.05, 0) is 32.3 Å². The van der Waals surface area contributed by atoms with Crippen LogP contribution in [0.5, 0.6) is 5.75 Å². The van der Waals surface area contributed by atoms with Crippen LogP contribution in [0.15, 0.2) is 6.07 Å². The molecule has 116 valence electrons. The van der Waals surface area contributed by atoms with Crippen molar-refractivity contribution in [3.63, 3.8) is 0 Å². The molecule has 0 aliphatic carbocycles. The molecule has 1 aromatic rings. The standard InChI is InChI=1S/C15H21NO4S/c1-3-6-11-9-12(13(21-11)15(18)19)20-10(2)14(17)16-7-4-5-8-16/h9-10H,3-8H2,1-2H3,(H,18,19). The highest BCUT2D eigenvalue weighted by Crippen LogP contribution is 2.31. The minimum absolute atomic E-state index is 0.0629. The topological polar surface area (TPSA) is 66.8 Å². The first-order valence-corrected chi connectivity index (χ1v) is 8.16. The largest absolute Gasteiger partial charge is 0.479 e. The van der Waals surface area contributed by atoms with Gasteiger partial charge >= 0.3 is 5.97 Å². The second-order valence-corrected chi connectivity index (χ2v) is 6.39. The predicted octanol–water partition coefficient (Wildman–Crippen LogP) is 2.79. The number of ether oxygens (including phenoxy) is 1. The van der Waals surface area contributed by atoms with Gasteiger partial charge in [0.1, 0.15) is 5.75 Å². The third-order valence-electron chi connectivity index (χ3n) is 3.51. The Morgan fingerprint density at radius 2 is 2.10 bits per heavy atom. The lowest BCUT2D eigenvalue weighted by atomic mass is 10.2. The monoisotopic (exact) mass is 311 g/mol. The minimum atomic E-state index is -1.00. The molecule has 2 heterocycles. The number of rotatable bonds is 6. The van der Waals surface area contributed by atoms with E-state index in [0.717, 1.165) is 43.6 Å². The molecule has 1 fully saturated rings. The molecule has 1 amide bonds. The number of likely N-dealkylation sites (tertiary alicyclic amines) is 1. The Balaban J connectivity index is 2.09. The first-order valence-electron chi connectivity index (χ1n) is 7.34. The van der Waals surface area contributed by atoms with Crippen molar-refractivity contribution >= 4 is 23.2 Å². The summed E-state index contributed by atoms with van der Waals surface area (Å²) in [7, 11) is 0. The molecule has 21 heavy (non-hydrogen) atoms.